The Morgan fingerprint density at radius 2 is 1.90 bits per heavy atom. The van der Waals surface area contributed by atoms with Gasteiger partial charge in [0.2, 0.25) is 0 Å². The van der Waals surface area contributed by atoms with Gasteiger partial charge in [-0.3, -0.25) is 4.90 Å². The van der Waals surface area contributed by atoms with Gasteiger partial charge in [0.15, 0.2) is 0 Å². The van der Waals surface area contributed by atoms with Gasteiger partial charge < -0.3 is 9.15 Å². The number of hydrogen-bond acceptors (Lipinski definition) is 4. The summed E-state index contributed by atoms with van der Waals surface area (Å²) in [5.41, 5.74) is 2.52. The van der Waals surface area contributed by atoms with Gasteiger partial charge in [0, 0.05) is 31.1 Å². The van der Waals surface area contributed by atoms with Crippen molar-refractivity contribution in [2.45, 2.75) is 39.5 Å². The first-order chi connectivity index (χ1) is 10.0. The van der Waals surface area contributed by atoms with Crippen LogP contribution in [0.2, 0.25) is 0 Å². The highest BCUT2D eigenvalue weighted by Crippen LogP contribution is 2.21. The Morgan fingerprint density at radius 3 is 2.62 bits per heavy atom. The molecule has 0 bridgehead atoms. The number of ether oxygens (including phenoxy) is 1. The van der Waals surface area contributed by atoms with Gasteiger partial charge in [0.1, 0.15) is 5.58 Å². The zero-order chi connectivity index (χ0) is 15.0. The van der Waals surface area contributed by atoms with Crippen LogP contribution in [0.1, 0.15) is 25.0 Å². The lowest BCUT2D eigenvalue weighted by Crippen LogP contribution is -2.44. The summed E-state index contributed by atoms with van der Waals surface area (Å²) in [6.07, 6.45) is 0.449. The molecular weight excluding hydrogens is 266 g/mol. The zero-order valence-electron chi connectivity index (χ0n) is 12.8. The van der Waals surface area contributed by atoms with E-state index in [0.29, 0.717) is 5.58 Å². The van der Waals surface area contributed by atoms with Crippen LogP contribution in [0, 0.1) is 6.92 Å². The van der Waals surface area contributed by atoms with Crippen LogP contribution in [0.4, 0.5) is 0 Å². The second-order valence-electron chi connectivity index (χ2n) is 6.04. The van der Waals surface area contributed by atoms with Gasteiger partial charge in [-0.2, -0.15) is 0 Å². The molecule has 0 spiro atoms. The number of nitrogens with zero attached hydrogens (tertiary/aromatic N) is 1. The number of rotatable bonds is 2. The maximum Gasteiger partial charge on any atom is 0.336 e. The van der Waals surface area contributed by atoms with Crippen LogP contribution in [0.5, 0.6) is 0 Å². The summed E-state index contributed by atoms with van der Waals surface area (Å²) >= 11 is 0. The van der Waals surface area contributed by atoms with Crippen LogP contribution in [-0.2, 0) is 11.3 Å². The molecule has 3 rings (SSSR count). The molecule has 2 aromatic rings. The van der Waals surface area contributed by atoms with Crippen molar-refractivity contribution >= 4 is 11.0 Å². The smallest absolute Gasteiger partial charge is 0.336 e. The van der Waals surface area contributed by atoms with Crippen molar-refractivity contribution in [3.63, 3.8) is 0 Å². The molecule has 1 aromatic heterocycles. The minimum Gasteiger partial charge on any atom is -0.423 e. The third kappa shape index (κ3) is 3.17. The lowest BCUT2D eigenvalue weighted by atomic mass is 10.1. The molecule has 0 radical (unpaired) electrons. The van der Waals surface area contributed by atoms with Gasteiger partial charge in [0.05, 0.1) is 12.2 Å². The van der Waals surface area contributed by atoms with Crippen molar-refractivity contribution in [2.75, 3.05) is 13.1 Å². The lowest BCUT2D eigenvalue weighted by molar-refractivity contribution is -0.0704. The van der Waals surface area contributed by atoms with Crippen LogP contribution in [0.3, 0.4) is 0 Å². The van der Waals surface area contributed by atoms with Crippen molar-refractivity contribution in [3.8, 4) is 0 Å². The molecular formula is C17H21NO3. The average molecular weight is 287 g/mol. The van der Waals surface area contributed by atoms with Crippen LogP contribution in [-0.4, -0.2) is 30.2 Å². The standard InChI is InChI=1S/C17H21NO3/c1-11-4-5-15-14(7-17(19)21-16(15)6-11)10-18-8-12(2)20-13(3)9-18/h4-7,12-13H,8-10H2,1-3H3. The molecule has 0 amide bonds. The molecule has 4 heteroatoms. The van der Waals surface area contributed by atoms with E-state index in [1.165, 1.54) is 0 Å². The Balaban J connectivity index is 1.95. The highest BCUT2D eigenvalue weighted by Gasteiger charge is 2.22. The second kappa shape index (κ2) is 5.62. The monoisotopic (exact) mass is 287 g/mol. The van der Waals surface area contributed by atoms with Gasteiger partial charge in [-0.15, -0.1) is 0 Å². The van der Waals surface area contributed by atoms with Crippen molar-refractivity contribution in [1.29, 1.82) is 0 Å². The van der Waals surface area contributed by atoms with Crippen molar-refractivity contribution in [1.82, 2.24) is 4.90 Å². The number of aryl methyl sites for hydroxylation is 1. The molecule has 21 heavy (non-hydrogen) atoms. The Bertz CT molecular complexity index is 697. The van der Waals surface area contributed by atoms with Gasteiger partial charge in [-0.1, -0.05) is 12.1 Å². The fraction of sp³-hybridized carbons (Fsp3) is 0.471. The minimum atomic E-state index is -0.280. The first-order valence-electron chi connectivity index (χ1n) is 7.42. The second-order valence-corrected chi connectivity index (χ2v) is 6.04. The molecule has 0 saturated carbocycles. The van der Waals surface area contributed by atoms with E-state index < -0.39 is 0 Å². The van der Waals surface area contributed by atoms with Gasteiger partial charge in [-0.25, -0.2) is 4.79 Å². The Hall–Kier alpha value is -1.65. The molecule has 112 valence electrons. The van der Waals surface area contributed by atoms with E-state index in [0.717, 1.165) is 36.1 Å². The third-order valence-corrected chi connectivity index (χ3v) is 3.87. The van der Waals surface area contributed by atoms with Gasteiger partial charge in [0.25, 0.3) is 0 Å². The quantitative estimate of drug-likeness (QED) is 0.797. The molecule has 1 saturated heterocycles. The van der Waals surface area contributed by atoms with Crippen LogP contribution < -0.4 is 5.63 Å². The molecule has 2 unspecified atom stereocenters. The van der Waals surface area contributed by atoms with Crippen molar-refractivity contribution < 1.29 is 9.15 Å². The Kier molecular flexibility index (Phi) is 3.83. The predicted octanol–water partition coefficient (Wildman–Crippen LogP) is 2.71. The normalized spacial score (nSPS) is 23.6. The first-order valence-corrected chi connectivity index (χ1v) is 7.42. The summed E-state index contributed by atoms with van der Waals surface area (Å²) in [6.45, 7) is 8.70. The Morgan fingerprint density at radius 1 is 1.19 bits per heavy atom. The maximum atomic E-state index is 11.8. The third-order valence-electron chi connectivity index (χ3n) is 3.87. The van der Waals surface area contributed by atoms with E-state index in [-0.39, 0.29) is 17.8 Å². The van der Waals surface area contributed by atoms with Gasteiger partial charge in [-0.05, 0) is 38.0 Å². The largest absolute Gasteiger partial charge is 0.423 e. The summed E-state index contributed by atoms with van der Waals surface area (Å²) in [7, 11) is 0. The van der Waals surface area contributed by atoms with Crippen LogP contribution in [0.25, 0.3) is 11.0 Å². The number of morpholine rings is 1. The van der Waals surface area contributed by atoms with Gasteiger partial charge >= 0.3 is 5.63 Å². The van der Waals surface area contributed by atoms with E-state index >= 15 is 0 Å². The fourth-order valence-corrected chi connectivity index (χ4v) is 3.12. The summed E-state index contributed by atoms with van der Waals surface area (Å²) < 4.78 is 11.1. The summed E-state index contributed by atoms with van der Waals surface area (Å²) in [5, 5.41) is 1.02. The molecule has 1 aliphatic heterocycles. The topological polar surface area (TPSA) is 42.7 Å². The molecule has 1 aliphatic rings. The minimum absolute atomic E-state index is 0.224. The molecule has 2 atom stereocenters. The van der Waals surface area contributed by atoms with Crippen molar-refractivity contribution in [2.24, 2.45) is 0 Å². The molecule has 0 aliphatic carbocycles. The maximum absolute atomic E-state index is 11.8. The van der Waals surface area contributed by atoms with E-state index in [1.54, 1.807) is 6.07 Å². The molecule has 0 N–H and O–H groups in total. The summed E-state index contributed by atoms with van der Waals surface area (Å²) in [5.74, 6) is 0. The summed E-state index contributed by atoms with van der Waals surface area (Å²) in [4.78, 5) is 14.1. The average Bonchev–Trinajstić information content (AvgIpc) is 2.36. The predicted molar refractivity (Wildman–Crippen MR) is 82.5 cm³/mol. The number of benzene rings is 1. The lowest BCUT2D eigenvalue weighted by Gasteiger charge is -2.35. The van der Waals surface area contributed by atoms with E-state index in [9.17, 15) is 4.79 Å². The van der Waals surface area contributed by atoms with Crippen molar-refractivity contribution in [3.05, 3.63) is 45.8 Å². The number of fused-ring (bicyclic) bond motifs is 1. The fourth-order valence-electron chi connectivity index (χ4n) is 3.12. The first kappa shape index (κ1) is 14.3. The van der Waals surface area contributed by atoms with E-state index in [1.807, 2.05) is 19.1 Å². The highest BCUT2D eigenvalue weighted by atomic mass is 16.5. The Labute approximate surface area is 124 Å². The molecule has 1 fully saturated rings. The van der Waals surface area contributed by atoms with E-state index in [2.05, 4.69) is 24.8 Å². The van der Waals surface area contributed by atoms with E-state index in [4.69, 9.17) is 9.15 Å². The SMILES string of the molecule is Cc1ccc2c(CN3CC(C)OC(C)C3)cc(=O)oc2c1. The van der Waals surface area contributed by atoms with Crippen LogP contribution >= 0.6 is 0 Å². The van der Waals surface area contributed by atoms with Crippen LogP contribution in [0.15, 0.2) is 33.5 Å². The highest BCUT2D eigenvalue weighted by molar-refractivity contribution is 5.80. The molecule has 2 heterocycles. The molecule has 1 aromatic carbocycles. The zero-order valence-corrected chi connectivity index (χ0v) is 12.8. The summed E-state index contributed by atoms with van der Waals surface area (Å²) in [6, 6.07) is 7.62. The molecule has 4 nitrogen and oxygen atoms in total. The number of hydrogen-bond donors (Lipinski definition) is 0.